The number of nitrogens with zero attached hydrogens (tertiary/aromatic N) is 2. The van der Waals surface area contributed by atoms with E-state index in [0.29, 0.717) is 19.4 Å². The number of carbonyl (C=O) groups excluding carboxylic acids is 3. The molecule has 0 radical (unpaired) electrons. The monoisotopic (exact) mass is 337 g/mol. The molecule has 2 rings (SSSR count). The highest BCUT2D eigenvalue weighted by atomic mass is 16.2. The first-order valence-corrected chi connectivity index (χ1v) is 9.30. The van der Waals surface area contributed by atoms with Crippen molar-refractivity contribution >= 4 is 17.7 Å². The summed E-state index contributed by atoms with van der Waals surface area (Å²) in [7, 11) is 0. The lowest BCUT2D eigenvalue weighted by Crippen LogP contribution is -2.48. The molecule has 2 aliphatic heterocycles. The van der Waals surface area contributed by atoms with Gasteiger partial charge in [0.05, 0.1) is 5.92 Å². The number of rotatable bonds is 6. The Morgan fingerprint density at radius 3 is 2.46 bits per heavy atom. The summed E-state index contributed by atoms with van der Waals surface area (Å²) in [4.78, 5) is 40.1. The van der Waals surface area contributed by atoms with E-state index < -0.39 is 0 Å². The summed E-state index contributed by atoms with van der Waals surface area (Å²) in [6.07, 6.45) is 4.53. The van der Waals surface area contributed by atoms with E-state index in [1.807, 2.05) is 18.7 Å². The highest BCUT2D eigenvalue weighted by Crippen LogP contribution is 2.21. The third-order valence-corrected chi connectivity index (χ3v) is 5.09. The Kier molecular flexibility index (Phi) is 6.63. The van der Waals surface area contributed by atoms with Gasteiger partial charge in [0.15, 0.2) is 0 Å². The minimum absolute atomic E-state index is 0.0118. The third-order valence-electron chi connectivity index (χ3n) is 5.09. The normalized spacial score (nSPS) is 22.3. The number of unbranched alkanes of at least 4 members (excludes halogenated alkanes) is 1. The molecule has 6 heteroatoms. The molecule has 136 valence electrons. The summed E-state index contributed by atoms with van der Waals surface area (Å²) in [5, 5.41) is 3.09. The fourth-order valence-corrected chi connectivity index (χ4v) is 3.48. The van der Waals surface area contributed by atoms with E-state index >= 15 is 0 Å². The molecule has 2 aliphatic rings. The molecule has 0 spiro atoms. The van der Waals surface area contributed by atoms with Crippen LogP contribution in [0, 0.1) is 5.92 Å². The van der Waals surface area contributed by atoms with Crippen molar-refractivity contribution in [2.45, 2.75) is 71.4 Å². The number of hydrogen-bond acceptors (Lipinski definition) is 3. The summed E-state index contributed by atoms with van der Waals surface area (Å²) < 4.78 is 0. The molecule has 24 heavy (non-hydrogen) atoms. The fraction of sp³-hybridized carbons (Fsp3) is 0.833. The maximum atomic E-state index is 12.4. The number of piperidine rings is 1. The molecule has 1 atom stereocenters. The molecule has 2 fully saturated rings. The maximum absolute atomic E-state index is 12.4. The standard InChI is InChI=1S/C18H31N3O3/c1-4-5-6-16(22)20-9-7-15(8-10-20)19-18(24)14-11-17(23)21(12-14)13(2)3/h13-15H,4-12H2,1-3H3,(H,19,24). The number of likely N-dealkylation sites (tertiary alicyclic amines) is 2. The summed E-state index contributed by atoms with van der Waals surface area (Å²) in [5.41, 5.74) is 0. The van der Waals surface area contributed by atoms with Gasteiger partial charge >= 0.3 is 0 Å². The molecule has 0 aliphatic carbocycles. The lowest BCUT2D eigenvalue weighted by atomic mass is 10.0. The van der Waals surface area contributed by atoms with Crippen LogP contribution in [0.1, 0.15) is 59.3 Å². The van der Waals surface area contributed by atoms with Gasteiger partial charge in [0.2, 0.25) is 17.7 Å². The van der Waals surface area contributed by atoms with Crippen LogP contribution in [0.3, 0.4) is 0 Å². The molecular weight excluding hydrogens is 306 g/mol. The van der Waals surface area contributed by atoms with Crippen molar-refractivity contribution in [3.8, 4) is 0 Å². The Labute approximate surface area is 144 Å². The van der Waals surface area contributed by atoms with Crippen LogP contribution in [0.2, 0.25) is 0 Å². The Hall–Kier alpha value is -1.59. The Morgan fingerprint density at radius 1 is 1.25 bits per heavy atom. The lowest BCUT2D eigenvalue weighted by Gasteiger charge is -2.33. The van der Waals surface area contributed by atoms with Crippen LogP contribution in [0.5, 0.6) is 0 Å². The van der Waals surface area contributed by atoms with Gasteiger partial charge in [-0.05, 0) is 33.1 Å². The number of amides is 3. The molecule has 1 unspecified atom stereocenters. The van der Waals surface area contributed by atoms with E-state index in [1.54, 1.807) is 4.90 Å². The summed E-state index contributed by atoms with van der Waals surface area (Å²) in [6, 6.07) is 0.267. The predicted octanol–water partition coefficient (Wildman–Crippen LogP) is 1.54. The average Bonchev–Trinajstić information content (AvgIpc) is 2.95. The van der Waals surface area contributed by atoms with Crippen LogP contribution in [0.25, 0.3) is 0 Å². The Morgan fingerprint density at radius 2 is 1.92 bits per heavy atom. The highest BCUT2D eigenvalue weighted by molar-refractivity contribution is 5.89. The summed E-state index contributed by atoms with van der Waals surface area (Å²) >= 11 is 0. The first kappa shape index (κ1) is 18.7. The quantitative estimate of drug-likeness (QED) is 0.799. The number of nitrogens with one attached hydrogen (secondary N) is 1. The Bertz CT molecular complexity index is 470. The highest BCUT2D eigenvalue weighted by Gasteiger charge is 2.36. The number of carbonyl (C=O) groups is 3. The van der Waals surface area contributed by atoms with Crippen molar-refractivity contribution in [3.63, 3.8) is 0 Å². The number of hydrogen-bond donors (Lipinski definition) is 1. The van der Waals surface area contributed by atoms with Crippen molar-refractivity contribution in [1.82, 2.24) is 15.1 Å². The fourth-order valence-electron chi connectivity index (χ4n) is 3.48. The summed E-state index contributed by atoms with van der Waals surface area (Å²) in [5.74, 6) is 0.0588. The maximum Gasteiger partial charge on any atom is 0.225 e. The van der Waals surface area contributed by atoms with Gasteiger partial charge in [0, 0.05) is 44.6 Å². The van der Waals surface area contributed by atoms with Gasteiger partial charge in [-0.3, -0.25) is 14.4 Å². The molecular formula is C18H31N3O3. The van der Waals surface area contributed by atoms with Crippen molar-refractivity contribution in [1.29, 1.82) is 0 Å². The second kappa shape index (κ2) is 8.49. The third kappa shape index (κ3) is 4.71. The topological polar surface area (TPSA) is 69.7 Å². The van der Waals surface area contributed by atoms with Crippen LogP contribution in [0.15, 0.2) is 0 Å². The largest absolute Gasteiger partial charge is 0.353 e. The predicted molar refractivity (Wildman–Crippen MR) is 92.2 cm³/mol. The molecule has 0 aromatic carbocycles. The molecule has 0 aromatic heterocycles. The van der Waals surface area contributed by atoms with E-state index in [2.05, 4.69) is 12.2 Å². The molecule has 2 heterocycles. The van der Waals surface area contributed by atoms with Gasteiger partial charge < -0.3 is 15.1 Å². The van der Waals surface area contributed by atoms with Crippen molar-refractivity contribution < 1.29 is 14.4 Å². The van der Waals surface area contributed by atoms with Gasteiger partial charge in [-0.15, -0.1) is 0 Å². The molecule has 2 saturated heterocycles. The van der Waals surface area contributed by atoms with Crippen LogP contribution in [-0.2, 0) is 14.4 Å². The van der Waals surface area contributed by atoms with Crippen LogP contribution < -0.4 is 5.32 Å². The zero-order chi connectivity index (χ0) is 17.7. The van der Waals surface area contributed by atoms with Crippen molar-refractivity contribution in [2.75, 3.05) is 19.6 Å². The summed E-state index contributed by atoms with van der Waals surface area (Å²) in [6.45, 7) is 8.00. The Balaban J connectivity index is 1.75. The molecule has 0 aromatic rings. The van der Waals surface area contributed by atoms with Gasteiger partial charge in [0.1, 0.15) is 0 Å². The molecule has 6 nitrogen and oxygen atoms in total. The van der Waals surface area contributed by atoms with Crippen molar-refractivity contribution in [3.05, 3.63) is 0 Å². The molecule has 3 amide bonds. The smallest absolute Gasteiger partial charge is 0.225 e. The van der Waals surface area contributed by atoms with E-state index in [4.69, 9.17) is 0 Å². The lowest BCUT2D eigenvalue weighted by molar-refractivity contribution is -0.133. The average molecular weight is 337 g/mol. The van der Waals surface area contributed by atoms with Gasteiger partial charge in [-0.1, -0.05) is 13.3 Å². The zero-order valence-electron chi connectivity index (χ0n) is 15.2. The first-order chi connectivity index (χ1) is 11.4. The minimum Gasteiger partial charge on any atom is -0.353 e. The zero-order valence-corrected chi connectivity index (χ0v) is 15.2. The van der Waals surface area contributed by atoms with Crippen molar-refractivity contribution in [2.24, 2.45) is 5.92 Å². The second-order valence-electron chi connectivity index (χ2n) is 7.31. The molecule has 0 saturated carbocycles. The minimum atomic E-state index is -0.232. The first-order valence-electron chi connectivity index (χ1n) is 9.30. The van der Waals surface area contributed by atoms with Gasteiger partial charge in [-0.2, -0.15) is 0 Å². The molecule has 0 bridgehead atoms. The van der Waals surface area contributed by atoms with Gasteiger partial charge in [0.25, 0.3) is 0 Å². The van der Waals surface area contributed by atoms with E-state index in [1.165, 1.54) is 0 Å². The molecule has 1 N–H and O–H groups in total. The van der Waals surface area contributed by atoms with E-state index in [0.717, 1.165) is 38.8 Å². The van der Waals surface area contributed by atoms with Crippen LogP contribution in [0.4, 0.5) is 0 Å². The van der Waals surface area contributed by atoms with Gasteiger partial charge in [-0.25, -0.2) is 0 Å². The second-order valence-corrected chi connectivity index (χ2v) is 7.31. The van der Waals surface area contributed by atoms with E-state index in [-0.39, 0.29) is 35.7 Å². The SMILES string of the molecule is CCCCC(=O)N1CCC(NC(=O)C2CC(=O)N(C(C)C)C2)CC1. The van der Waals surface area contributed by atoms with Crippen LogP contribution in [-0.4, -0.2) is 59.2 Å². The van der Waals surface area contributed by atoms with E-state index in [9.17, 15) is 14.4 Å². The van der Waals surface area contributed by atoms with Crippen LogP contribution >= 0.6 is 0 Å².